The van der Waals surface area contributed by atoms with Gasteiger partial charge in [-0.05, 0) is 55.2 Å². The van der Waals surface area contributed by atoms with Crippen LogP contribution in [0, 0.1) is 0 Å². The van der Waals surface area contributed by atoms with E-state index in [2.05, 4.69) is 5.32 Å². The fourth-order valence-electron chi connectivity index (χ4n) is 4.42. The lowest BCUT2D eigenvalue weighted by Gasteiger charge is -2.34. The number of carbonyl (C=O) groups is 2. The van der Waals surface area contributed by atoms with E-state index in [4.69, 9.17) is 23.2 Å². The number of hydrogen-bond donors (Lipinski definition) is 1. The van der Waals surface area contributed by atoms with Crippen molar-refractivity contribution in [3.63, 3.8) is 0 Å². The summed E-state index contributed by atoms with van der Waals surface area (Å²) >= 11 is 12.6. The summed E-state index contributed by atoms with van der Waals surface area (Å²) in [5.41, 5.74) is 2.64. The Morgan fingerprint density at radius 2 is 1.57 bits per heavy atom. The predicted octanol–water partition coefficient (Wildman–Crippen LogP) is 5.49. The van der Waals surface area contributed by atoms with Gasteiger partial charge in [-0.2, -0.15) is 0 Å². The number of amides is 2. The number of carbonyl (C=O) groups excluding carboxylic acids is 2. The summed E-state index contributed by atoms with van der Waals surface area (Å²) in [6.45, 7) is 5.09. The maximum Gasteiger partial charge on any atom is 0.244 e. The normalized spacial score (nSPS) is 12.2. The van der Waals surface area contributed by atoms with Crippen molar-refractivity contribution in [2.24, 2.45) is 0 Å². The van der Waals surface area contributed by atoms with E-state index in [1.54, 1.807) is 30.3 Å². The molecule has 0 aromatic heterocycles. The van der Waals surface area contributed by atoms with Crippen LogP contribution in [0.5, 0.6) is 0 Å². The van der Waals surface area contributed by atoms with Crippen LogP contribution < -0.4 is 9.62 Å². The maximum absolute atomic E-state index is 14.1. The molecule has 0 radical (unpaired) electrons. The van der Waals surface area contributed by atoms with E-state index >= 15 is 0 Å². The van der Waals surface area contributed by atoms with Gasteiger partial charge in [0.15, 0.2) is 0 Å². The van der Waals surface area contributed by atoms with Crippen molar-refractivity contribution in [1.82, 2.24) is 10.2 Å². The lowest BCUT2D eigenvalue weighted by molar-refractivity contribution is -0.140. The maximum atomic E-state index is 14.1. The largest absolute Gasteiger partial charge is 0.352 e. The molecule has 40 heavy (non-hydrogen) atoms. The Bertz CT molecular complexity index is 1430. The second kappa shape index (κ2) is 14.0. The predicted molar refractivity (Wildman–Crippen MR) is 162 cm³/mol. The quantitative estimate of drug-likeness (QED) is 0.297. The van der Waals surface area contributed by atoms with Crippen LogP contribution in [-0.2, 0) is 39.0 Å². The first kappa shape index (κ1) is 31.5. The summed E-state index contributed by atoms with van der Waals surface area (Å²) < 4.78 is 27.1. The van der Waals surface area contributed by atoms with Crippen LogP contribution >= 0.6 is 23.2 Å². The van der Waals surface area contributed by atoms with Crippen molar-refractivity contribution < 1.29 is 18.0 Å². The van der Waals surface area contributed by atoms with Gasteiger partial charge in [0, 0.05) is 29.1 Å². The zero-order chi connectivity index (χ0) is 29.4. The Balaban J connectivity index is 2.10. The fourth-order valence-corrected chi connectivity index (χ4v) is 5.76. The monoisotopic (exact) mass is 603 g/mol. The second-order valence-corrected chi connectivity index (χ2v) is 12.6. The van der Waals surface area contributed by atoms with Crippen LogP contribution in [0.25, 0.3) is 0 Å². The third-order valence-electron chi connectivity index (χ3n) is 6.38. The summed E-state index contributed by atoms with van der Waals surface area (Å²) in [5.74, 6) is -0.890. The third-order valence-corrected chi connectivity index (χ3v) is 8.09. The van der Waals surface area contributed by atoms with E-state index in [0.717, 1.165) is 21.7 Å². The molecular weight excluding hydrogens is 569 g/mol. The summed E-state index contributed by atoms with van der Waals surface area (Å²) in [6, 6.07) is 20.3. The minimum absolute atomic E-state index is 0.0229. The molecule has 0 unspecified atom stereocenters. The highest BCUT2D eigenvalue weighted by Gasteiger charge is 2.34. The van der Waals surface area contributed by atoms with Gasteiger partial charge in [-0.3, -0.25) is 13.9 Å². The van der Waals surface area contributed by atoms with Crippen LogP contribution in [0.2, 0.25) is 10.0 Å². The SMILES string of the molecule is CCc1ccccc1N(CC(=O)N(Cc1ccc(Cl)cc1Cl)[C@@H](Cc1ccccc1)C(=O)NC(C)C)S(C)(=O)=O. The number of para-hydroxylation sites is 1. The molecule has 0 saturated heterocycles. The Morgan fingerprint density at radius 1 is 0.925 bits per heavy atom. The van der Waals surface area contributed by atoms with Gasteiger partial charge >= 0.3 is 0 Å². The van der Waals surface area contributed by atoms with Crippen LogP contribution in [0.3, 0.4) is 0 Å². The zero-order valence-electron chi connectivity index (χ0n) is 23.1. The van der Waals surface area contributed by atoms with Gasteiger partial charge in [-0.1, -0.05) is 84.7 Å². The highest BCUT2D eigenvalue weighted by atomic mass is 35.5. The lowest BCUT2D eigenvalue weighted by atomic mass is 10.0. The third kappa shape index (κ3) is 8.46. The molecule has 0 fully saturated rings. The molecule has 0 heterocycles. The number of benzene rings is 3. The zero-order valence-corrected chi connectivity index (χ0v) is 25.4. The Labute approximate surface area is 247 Å². The molecule has 10 heteroatoms. The molecule has 3 rings (SSSR count). The number of halogens is 2. The van der Waals surface area contributed by atoms with Crippen molar-refractivity contribution in [1.29, 1.82) is 0 Å². The van der Waals surface area contributed by atoms with E-state index < -0.39 is 28.5 Å². The Hall–Kier alpha value is -3.07. The minimum Gasteiger partial charge on any atom is -0.352 e. The first-order valence-electron chi connectivity index (χ1n) is 13.0. The van der Waals surface area contributed by atoms with Gasteiger partial charge in [0.25, 0.3) is 0 Å². The molecule has 7 nitrogen and oxygen atoms in total. The van der Waals surface area contributed by atoms with E-state index in [9.17, 15) is 18.0 Å². The fraction of sp³-hybridized carbons (Fsp3) is 0.333. The van der Waals surface area contributed by atoms with Gasteiger partial charge in [-0.25, -0.2) is 8.42 Å². The molecule has 3 aromatic carbocycles. The molecule has 2 amide bonds. The average molecular weight is 605 g/mol. The van der Waals surface area contributed by atoms with Crippen molar-refractivity contribution in [3.8, 4) is 0 Å². The number of nitrogens with one attached hydrogen (secondary N) is 1. The summed E-state index contributed by atoms with van der Waals surface area (Å²) in [6.07, 6.45) is 1.87. The van der Waals surface area contributed by atoms with Crippen LogP contribution in [-0.4, -0.2) is 50.0 Å². The van der Waals surface area contributed by atoms with Gasteiger partial charge < -0.3 is 10.2 Å². The molecule has 214 valence electrons. The van der Waals surface area contributed by atoms with Crippen molar-refractivity contribution in [3.05, 3.63) is 99.5 Å². The summed E-state index contributed by atoms with van der Waals surface area (Å²) in [5, 5.41) is 3.69. The van der Waals surface area contributed by atoms with Crippen LogP contribution in [0.4, 0.5) is 5.69 Å². The highest BCUT2D eigenvalue weighted by molar-refractivity contribution is 7.92. The molecule has 1 N–H and O–H groups in total. The van der Waals surface area contributed by atoms with Gasteiger partial charge in [-0.15, -0.1) is 0 Å². The molecule has 0 aliphatic heterocycles. The second-order valence-electron chi connectivity index (χ2n) is 9.88. The van der Waals surface area contributed by atoms with Crippen molar-refractivity contribution in [2.45, 2.75) is 52.2 Å². The Morgan fingerprint density at radius 3 is 2.17 bits per heavy atom. The number of nitrogens with zero attached hydrogens (tertiary/aromatic N) is 2. The van der Waals surface area contributed by atoms with Gasteiger partial charge in [0.2, 0.25) is 21.8 Å². The Kier molecular flexibility index (Phi) is 11.0. The van der Waals surface area contributed by atoms with Gasteiger partial charge in [0.05, 0.1) is 11.9 Å². The molecule has 0 bridgehead atoms. The number of hydrogen-bond acceptors (Lipinski definition) is 4. The lowest BCUT2D eigenvalue weighted by Crippen LogP contribution is -2.54. The van der Waals surface area contributed by atoms with E-state index in [0.29, 0.717) is 27.7 Å². The average Bonchev–Trinajstić information content (AvgIpc) is 2.89. The molecule has 3 aromatic rings. The molecular formula is C30H35Cl2N3O4S. The molecule has 1 atom stereocenters. The summed E-state index contributed by atoms with van der Waals surface area (Å²) in [4.78, 5) is 29.2. The smallest absolute Gasteiger partial charge is 0.244 e. The number of sulfonamides is 1. The number of aryl methyl sites for hydroxylation is 1. The highest BCUT2D eigenvalue weighted by Crippen LogP contribution is 2.27. The van der Waals surface area contributed by atoms with Crippen LogP contribution in [0.1, 0.15) is 37.5 Å². The molecule has 0 saturated carbocycles. The number of rotatable bonds is 12. The van der Waals surface area contributed by atoms with Crippen molar-refractivity contribution in [2.75, 3.05) is 17.1 Å². The van der Waals surface area contributed by atoms with E-state index in [1.165, 1.54) is 4.90 Å². The molecule has 0 aliphatic carbocycles. The number of anilines is 1. The van der Waals surface area contributed by atoms with E-state index in [-0.39, 0.29) is 24.9 Å². The topological polar surface area (TPSA) is 86.8 Å². The molecule has 0 aliphatic rings. The van der Waals surface area contributed by atoms with Crippen molar-refractivity contribution >= 4 is 50.7 Å². The molecule has 0 spiro atoms. The minimum atomic E-state index is -3.85. The first-order chi connectivity index (χ1) is 18.9. The van der Waals surface area contributed by atoms with E-state index in [1.807, 2.05) is 63.2 Å². The van der Waals surface area contributed by atoms with Crippen LogP contribution in [0.15, 0.2) is 72.8 Å². The first-order valence-corrected chi connectivity index (χ1v) is 15.6. The standard InChI is InChI=1S/C30H35Cl2N3O4S/c1-5-23-13-9-10-14-27(23)35(40(4,38)39)20-29(36)34(19-24-15-16-25(31)18-26(24)32)28(30(37)33-21(2)3)17-22-11-7-6-8-12-22/h6-16,18,21,28H,5,17,19-20H2,1-4H3,(H,33,37)/t28-/m0/s1. The van der Waals surface area contributed by atoms with Gasteiger partial charge in [0.1, 0.15) is 12.6 Å². The summed E-state index contributed by atoms with van der Waals surface area (Å²) in [7, 11) is -3.85.